The number of benzene rings is 3. The smallest absolute Gasteiger partial charge is 0.132 e. The zero-order valence-electron chi connectivity index (χ0n) is 17.3. The molecule has 0 saturated heterocycles. The quantitative estimate of drug-likeness (QED) is 0.467. The molecular weight excluding hydrogens is 347 g/mol. The van der Waals surface area contributed by atoms with Crippen LogP contribution in [0.15, 0.2) is 78.9 Å². The van der Waals surface area contributed by atoms with Crippen LogP contribution in [0.1, 0.15) is 0 Å². The highest BCUT2D eigenvalue weighted by atomic mass is 31.1. The zero-order valence-corrected chi connectivity index (χ0v) is 18.2. The van der Waals surface area contributed by atoms with Crippen LogP contribution in [-0.2, 0) is 0 Å². The van der Waals surface area contributed by atoms with E-state index in [2.05, 4.69) is 121 Å². The lowest BCUT2D eigenvalue weighted by atomic mass is 10.3. The predicted octanol–water partition coefficient (Wildman–Crippen LogP) is 3.84. The largest absolute Gasteiger partial charge is 0.298 e. The average Bonchev–Trinajstić information content (AvgIpc) is 2.62. The van der Waals surface area contributed by atoms with Crippen molar-refractivity contribution in [2.24, 2.45) is 0 Å². The van der Waals surface area contributed by atoms with Crippen LogP contribution >= 0.6 is 7.92 Å². The van der Waals surface area contributed by atoms with E-state index >= 15 is 0 Å². The molecule has 3 heteroatoms. The predicted molar refractivity (Wildman–Crippen MR) is 124 cm³/mol. The third kappa shape index (κ3) is 4.65. The maximum Gasteiger partial charge on any atom is 0.132 e. The van der Waals surface area contributed by atoms with Gasteiger partial charge in [-0.2, -0.15) is 0 Å². The zero-order chi connectivity index (χ0) is 19.7. The maximum absolute atomic E-state index is 2.31. The van der Waals surface area contributed by atoms with Crippen molar-refractivity contribution in [1.29, 1.82) is 0 Å². The van der Waals surface area contributed by atoms with Gasteiger partial charge >= 0.3 is 0 Å². The fourth-order valence-corrected chi connectivity index (χ4v) is 5.38. The van der Waals surface area contributed by atoms with Gasteiger partial charge in [-0.05, 0) is 72.4 Å². The minimum absolute atomic E-state index is 0.556. The van der Waals surface area contributed by atoms with Gasteiger partial charge in [-0.3, -0.25) is 8.97 Å². The van der Waals surface area contributed by atoms with Crippen molar-refractivity contribution in [1.82, 2.24) is 8.97 Å². The minimum Gasteiger partial charge on any atom is -0.298 e. The van der Waals surface area contributed by atoms with Gasteiger partial charge in [0.25, 0.3) is 0 Å². The Bertz CT molecular complexity index is 813. The lowest BCUT2D eigenvalue weighted by Crippen LogP contribution is -2.35. The van der Waals surface area contributed by atoms with E-state index in [9.17, 15) is 0 Å². The van der Waals surface area contributed by atoms with Gasteiger partial charge in [0.2, 0.25) is 0 Å². The number of quaternary nitrogens is 2. The Labute approximate surface area is 165 Å². The van der Waals surface area contributed by atoms with Crippen LogP contribution in [0.25, 0.3) is 0 Å². The van der Waals surface area contributed by atoms with Crippen molar-refractivity contribution in [3.05, 3.63) is 78.9 Å². The molecule has 0 atom stereocenters. The van der Waals surface area contributed by atoms with Crippen LogP contribution < -0.4 is 24.9 Å². The highest BCUT2D eigenvalue weighted by Crippen LogP contribution is 2.34. The first-order chi connectivity index (χ1) is 12.7. The standard InChI is InChI=1S/C24H31N2P/c1-25(2,3)20-12-16-23(17-13-20)27(22-10-8-7-9-11-22)24-18-14-21(15-19-24)26(4,5)6/h7-19H,1-6H3/q+2. The van der Waals surface area contributed by atoms with E-state index < -0.39 is 7.92 Å². The van der Waals surface area contributed by atoms with Gasteiger partial charge in [0, 0.05) is 0 Å². The van der Waals surface area contributed by atoms with E-state index in [-0.39, 0.29) is 0 Å². The highest BCUT2D eigenvalue weighted by molar-refractivity contribution is 7.79. The Morgan fingerprint density at radius 3 is 1.11 bits per heavy atom. The molecule has 0 heterocycles. The Morgan fingerprint density at radius 1 is 0.444 bits per heavy atom. The summed E-state index contributed by atoms with van der Waals surface area (Å²) in [5.74, 6) is 0. The SMILES string of the molecule is C[N+](C)(C)c1ccc(P(c2ccccc2)c2ccc([N+](C)(C)C)cc2)cc1. The van der Waals surface area contributed by atoms with E-state index in [1.165, 1.54) is 27.3 Å². The Hall–Kier alpha value is -1.99. The molecule has 0 radical (unpaired) electrons. The van der Waals surface area contributed by atoms with Crippen molar-refractivity contribution in [2.45, 2.75) is 0 Å². The third-order valence-corrected chi connectivity index (χ3v) is 7.22. The molecule has 27 heavy (non-hydrogen) atoms. The maximum atomic E-state index is 2.31. The number of nitrogens with zero attached hydrogens (tertiary/aromatic N) is 2. The summed E-state index contributed by atoms with van der Waals surface area (Å²) in [5, 5.41) is 4.18. The first kappa shape index (κ1) is 19.8. The summed E-state index contributed by atoms with van der Waals surface area (Å²) in [4.78, 5) is 0. The van der Waals surface area contributed by atoms with E-state index in [0.29, 0.717) is 0 Å². The number of hydrogen-bond donors (Lipinski definition) is 0. The summed E-state index contributed by atoms with van der Waals surface area (Å²) in [5.41, 5.74) is 2.64. The van der Waals surface area contributed by atoms with Crippen molar-refractivity contribution >= 4 is 35.2 Å². The molecule has 0 aliphatic rings. The molecule has 0 aliphatic carbocycles. The molecule has 2 nitrogen and oxygen atoms in total. The second-order valence-corrected chi connectivity index (χ2v) is 10.9. The summed E-state index contributed by atoms with van der Waals surface area (Å²) >= 11 is 0. The van der Waals surface area contributed by atoms with Gasteiger partial charge in [-0.25, -0.2) is 0 Å². The molecule has 0 N–H and O–H groups in total. The molecule has 0 saturated carbocycles. The van der Waals surface area contributed by atoms with Gasteiger partial charge in [0.05, 0.1) is 42.3 Å². The van der Waals surface area contributed by atoms with Crippen LogP contribution in [-0.4, -0.2) is 42.3 Å². The third-order valence-electron chi connectivity index (χ3n) is 4.78. The Kier molecular flexibility index (Phi) is 5.53. The summed E-state index contributed by atoms with van der Waals surface area (Å²) in [6.45, 7) is 0. The van der Waals surface area contributed by atoms with Gasteiger partial charge in [0.1, 0.15) is 11.4 Å². The van der Waals surface area contributed by atoms with Crippen LogP contribution in [0.2, 0.25) is 0 Å². The molecule has 140 valence electrons. The number of rotatable bonds is 5. The molecular formula is C24H31N2P+2. The molecule has 0 fully saturated rings. The van der Waals surface area contributed by atoms with E-state index in [4.69, 9.17) is 0 Å². The molecule has 0 bridgehead atoms. The molecule has 3 rings (SSSR count). The van der Waals surface area contributed by atoms with E-state index in [1.807, 2.05) is 0 Å². The van der Waals surface area contributed by atoms with Gasteiger partial charge < -0.3 is 0 Å². The normalized spacial score (nSPS) is 12.4. The van der Waals surface area contributed by atoms with E-state index in [1.54, 1.807) is 0 Å². The monoisotopic (exact) mass is 378 g/mol. The minimum atomic E-state index is -0.556. The van der Waals surface area contributed by atoms with Crippen LogP contribution in [0, 0.1) is 0 Å². The van der Waals surface area contributed by atoms with Gasteiger partial charge in [-0.15, -0.1) is 0 Å². The second-order valence-electron chi connectivity index (χ2n) is 8.73. The molecule has 0 unspecified atom stereocenters. The lowest BCUT2D eigenvalue weighted by molar-refractivity contribution is 0.486. The summed E-state index contributed by atoms with van der Waals surface area (Å²) in [6, 6.07) is 29.2. The average molecular weight is 379 g/mol. The van der Waals surface area contributed by atoms with Crippen LogP contribution in [0.3, 0.4) is 0 Å². The van der Waals surface area contributed by atoms with Crippen LogP contribution in [0.5, 0.6) is 0 Å². The second kappa shape index (κ2) is 7.56. The van der Waals surface area contributed by atoms with Crippen molar-refractivity contribution in [3.8, 4) is 0 Å². The molecule has 0 aromatic heterocycles. The topological polar surface area (TPSA) is 0 Å². The molecule has 3 aromatic carbocycles. The van der Waals surface area contributed by atoms with Crippen molar-refractivity contribution in [3.63, 3.8) is 0 Å². The first-order valence-electron chi connectivity index (χ1n) is 9.35. The highest BCUT2D eigenvalue weighted by Gasteiger charge is 2.20. The number of hydrogen-bond acceptors (Lipinski definition) is 0. The molecule has 0 aliphatic heterocycles. The van der Waals surface area contributed by atoms with Gasteiger partial charge in [0.15, 0.2) is 0 Å². The van der Waals surface area contributed by atoms with E-state index in [0.717, 1.165) is 8.97 Å². The Balaban J connectivity index is 2.05. The van der Waals surface area contributed by atoms with Crippen LogP contribution in [0.4, 0.5) is 11.4 Å². The van der Waals surface area contributed by atoms with Crippen molar-refractivity contribution < 1.29 is 0 Å². The molecule has 3 aromatic rings. The van der Waals surface area contributed by atoms with Gasteiger partial charge in [-0.1, -0.05) is 30.3 Å². The summed E-state index contributed by atoms with van der Waals surface area (Å²) in [7, 11) is 12.7. The summed E-state index contributed by atoms with van der Waals surface area (Å²) < 4.78 is 1.67. The van der Waals surface area contributed by atoms with Crippen molar-refractivity contribution in [2.75, 3.05) is 42.3 Å². The fraction of sp³-hybridized carbons (Fsp3) is 0.250. The molecule has 0 spiro atoms. The summed E-state index contributed by atoms with van der Waals surface area (Å²) in [6.07, 6.45) is 0. The fourth-order valence-electron chi connectivity index (χ4n) is 3.12. The first-order valence-corrected chi connectivity index (χ1v) is 10.7. The molecule has 0 amide bonds. The Morgan fingerprint density at radius 2 is 0.778 bits per heavy atom. The lowest BCUT2D eigenvalue weighted by Gasteiger charge is -2.26.